The van der Waals surface area contributed by atoms with E-state index in [0.29, 0.717) is 18.2 Å². The van der Waals surface area contributed by atoms with Crippen LogP contribution in [0.1, 0.15) is 33.1 Å². The molecule has 1 heterocycles. The van der Waals surface area contributed by atoms with Gasteiger partial charge in [-0.2, -0.15) is 11.8 Å². The van der Waals surface area contributed by atoms with Crippen molar-refractivity contribution in [3.63, 3.8) is 0 Å². The van der Waals surface area contributed by atoms with Crippen LogP contribution in [-0.4, -0.2) is 61.8 Å². The highest BCUT2D eigenvalue weighted by Gasteiger charge is 2.19. The van der Waals surface area contributed by atoms with Gasteiger partial charge in [0.15, 0.2) is 0 Å². The van der Waals surface area contributed by atoms with Crippen molar-refractivity contribution in [1.29, 1.82) is 0 Å². The van der Waals surface area contributed by atoms with E-state index in [1.807, 2.05) is 11.8 Å². The van der Waals surface area contributed by atoms with Gasteiger partial charge in [0.25, 0.3) is 0 Å². The van der Waals surface area contributed by atoms with E-state index in [2.05, 4.69) is 37.4 Å². The van der Waals surface area contributed by atoms with Crippen LogP contribution >= 0.6 is 11.8 Å². The summed E-state index contributed by atoms with van der Waals surface area (Å²) in [6.07, 6.45) is 6.33. The monoisotopic (exact) mass is 274 g/mol. The Kier molecular flexibility index (Phi) is 8.31. The van der Waals surface area contributed by atoms with Crippen LogP contribution in [0.3, 0.4) is 0 Å². The molecule has 0 aromatic carbocycles. The number of thioether (sulfide) groups is 1. The Labute approximate surface area is 117 Å². The largest absolute Gasteiger partial charge is 0.377 e. The van der Waals surface area contributed by atoms with Crippen molar-refractivity contribution < 1.29 is 4.74 Å². The second-order valence-corrected chi connectivity index (χ2v) is 6.24. The molecule has 1 N–H and O–H groups in total. The fraction of sp³-hybridized carbons (Fsp3) is 1.00. The fourth-order valence-corrected chi connectivity index (χ4v) is 3.33. The number of likely N-dealkylation sites (N-methyl/N-ethyl adjacent to an activating group) is 1. The molecular formula is C14H30N2OS. The highest BCUT2D eigenvalue weighted by atomic mass is 32.2. The van der Waals surface area contributed by atoms with Crippen molar-refractivity contribution in [2.45, 2.75) is 51.3 Å². The second-order valence-electron chi connectivity index (χ2n) is 5.33. The lowest BCUT2D eigenvalue weighted by Crippen LogP contribution is -2.45. The van der Waals surface area contributed by atoms with Crippen LogP contribution in [0.2, 0.25) is 0 Å². The third-order valence-corrected chi connectivity index (χ3v) is 4.66. The Morgan fingerprint density at radius 1 is 1.50 bits per heavy atom. The zero-order valence-corrected chi connectivity index (χ0v) is 13.3. The Morgan fingerprint density at radius 3 is 2.83 bits per heavy atom. The van der Waals surface area contributed by atoms with Crippen LogP contribution in [-0.2, 0) is 4.74 Å². The summed E-state index contributed by atoms with van der Waals surface area (Å²) >= 11 is 1.94. The van der Waals surface area contributed by atoms with Gasteiger partial charge in [0.05, 0.1) is 6.10 Å². The molecule has 3 unspecified atom stereocenters. The molecule has 0 saturated carbocycles. The molecule has 0 radical (unpaired) electrons. The SMILES string of the molecule is CCC(CSC)N(C)C(C)CNCC1CCCO1. The van der Waals surface area contributed by atoms with Gasteiger partial charge in [0, 0.05) is 37.5 Å². The first-order valence-electron chi connectivity index (χ1n) is 7.22. The summed E-state index contributed by atoms with van der Waals surface area (Å²) in [6, 6.07) is 1.28. The fourth-order valence-electron chi connectivity index (χ4n) is 2.48. The average Bonchev–Trinajstić information content (AvgIpc) is 2.88. The Morgan fingerprint density at radius 2 is 2.28 bits per heavy atom. The summed E-state index contributed by atoms with van der Waals surface area (Å²) in [5, 5.41) is 3.56. The first kappa shape index (κ1) is 16.3. The molecule has 18 heavy (non-hydrogen) atoms. The summed E-state index contributed by atoms with van der Waals surface area (Å²) in [4.78, 5) is 2.51. The average molecular weight is 274 g/mol. The standard InChI is InChI=1S/C14H30N2OS/c1-5-13(11-18-4)16(3)12(2)9-15-10-14-7-6-8-17-14/h12-15H,5-11H2,1-4H3. The molecule has 108 valence electrons. The maximum atomic E-state index is 5.62. The summed E-state index contributed by atoms with van der Waals surface area (Å²) in [5.74, 6) is 1.23. The molecule has 0 aromatic heterocycles. The van der Waals surface area contributed by atoms with Gasteiger partial charge in [-0.3, -0.25) is 4.90 Å². The van der Waals surface area contributed by atoms with E-state index in [4.69, 9.17) is 4.74 Å². The van der Waals surface area contributed by atoms with Crippen molar-refractivity contribution in [3.8, 4) is 0 Å². The molecule has 4 heteroatoms. The van der Waals surface area contributed by atoms with Gasteiger partial charge in [0.2, 0.25) is 0 Å². The minimum Gasteiger partial charge on any atom is -0.377 e. The van der Waals surface area contributed by atoms with Gasteiger partial charge in [-0.25, -0.2) is 0 Å². The zero-order valence-electron chi connectivity index (χ0n) is 12.4. The zero-order chi connectivity index (χ0) is 13.4. The molecule has 1 fully saturated rings. The van der Waals surface area contributed by atoms with Gasteiger partial charge in [-0.05, 0) is 39.5 Å². The third kappa shape index (κ3) is 5.47. The number of rotatable bonds is 9. The van der Waals surface area contributed by atoms with Crippen LogP contribution < -0.4 is 5.32 Å². The van der Waals surface area contributed by atoms with Crippen molar-refractivity contribution >= 4 is 11.8 Å². The lowest BCUT2D eigenvalue weighted by Gasteiger charge is -2.32. The molecule has 0 spiro atoms. The van der Waals surface area contributed by atoms with Gasteiger partial charge < -0.3 is 10.1 Å². The number of nitrogens with one attached hydrogen (secondary N) is 1. The van der Waals surface area contributed by atoms with Gasteiger partial charge >= 0.3 is 0 Å². The number of hydrogen-bond acceptors (Lipinski definition) is 4. The highest BCUT2D eigenvalue weighted by Crippen LogP contribution is 2.12. The van der Waals surface area contributed by atoms with Crippen molar-refractivity contribution in [2.75, 3.05) is 38.8 Å². The first-order chi connectivity index (χ1) is 8.69. The molecule has 1 saturated heterocycles. The van der Waals surface area contributed by atoms with Crippen molar-refractivity contribution in [1.82, 2.24) is 10.2 Å². The predicted molar refractivity (Wildman–Crippen MR) is 81.5 cm³/mol. The molecule has 1 aliphatic heterocycles. The van der Waals surface area contributed by atoms with Gasteiger partial charge in [-0.15, -0.1) is 0 Å². The van der Waals surface area contributed by atoms with Crippen LogP contribution in [0.15, 0.2) is 0 Å². The van der Waals surface area contributed by atoms with Crippen LogP contribution in [0, 0.1) is 0 Å². The van der Waals surface area contributed by atoms with E-state index in [1.165, 1.54) is 25.0 Å². The predicted octanol–water partition coefficient (Wildman–Crippen LogP) is 2.22. The molecule has 3 atom stereocenters. The summed E-state index contributed by atoms with van der Waals surface area (Å²) in [7, 11) is 2.25. The van der Waals surface area contributed by atoms with Gasteiger partial charge in [-0.1, -0.05) is 6.92 Å². The maximum absolute atomic E-state index is 5.62. The maximum Gasteiger partial charge on any atom is 0.0700 e. The number of hydrogen-bond donors (Lipinski definition) is 1. The van der Waals surface area contributed by atoms with Crippen LogP contribution in [0.5, 0.6) is 0 Å². The van der Waals surface area contributed by atoms with Gasteiger partial charge in [0.1, 0.15) is 0 Å². The molecule has 0 aliphatic carbocycles. The molecule has 0 aromatic rings. The Balaban J connectivity index is 2.18. The summed E-state index contributed by atoms with van der Waals surface area (Å²) < 4.78 is 5.62. The quantitative estimate of drug-likeness (QED) is 0.697. The van der Waals surface area contributed by atoms with E-state index < -0.39 is 0 Å². The normalized spacial score (nSPS) is 23.5. The Hall–Kier alpha value is 0.230. The van der Waals surface area contributed by atoms with Crippen molar-refractivity contribution in [2.24, 2.45) is 0 Å². The summed E-state index contributed by atoms with van der Waals surface area (Å²) in [5.41, 5.74) is 0. The summed E-state index contributed by atoms with van der Waals surface area (Å²) in [6.45, 7) is 7.61. The lowest BCUT2D eigenvalue weighted by atomic mass is 10.1. The van der Waals surface area contributed by atoms with E-state index in [9.17, 15) is 0 Å². The molecule has 0 bridgehead atoms. The minimum absolute atomic E-state index is 0.454. The molecular weight excluding hydrogens is 244 g/mol. The topological polar surface area (TPSA) is 24.5 Å². The minimum atomic E-state index is 0.454. The smallest absolute Gasteiger partial charge is 0.0700 e. The van der Waals surface area contributed by atoms with Crippen LogP contribution in [0.25, 0.3) is 0 Å². The third-order valence-electron chi connectivity index (χ3n) is 3.94. The highest BCUT2D eigenvalue weighted by molar-refractivity contribution is 7.98. The first-order valence-corrected chi connectivity index (χ1v) is 8.61. The van der Waals surface area contributed by atoms with Crippen LogP contribution in [0.4, 0.5) is 0 Å². The van der Waals surface area contributed by atoms with Crippen molar-refractivity contribution in [3.05, 3.63) is 0 Å². The number of nitrogens with zero attached hydrogens (tertiary/aromatic N) is 1. The lowest BCUT2D eigenvalue weighted by molar-refractivity contribution is 0.106. The van der Waals surface area contributed by atoms with E-state index in [0.717, 1.165) is 19.7 Å². The molecule has 1 aliphatic rings. The van der Waals surface area contributed by atoms with E-state index in [1.54, 1.807) is 0 Å². The van der Waals surface area contributed by atoms with E-state index >= 15 is 0 Å². The Bertz CT molecular complexity index is 210. The second kappa shape index (κ2) is 9.18. The molecule has 1 rings (SSSR count). The molecule has 3 nitrogen and oxygen atoms in total. The molecule has 0 amide bonds. The number of ether oxygens (including phenoxy) is 1. The van der Waals surface area contributed by atoms with E-state index in [-0.39, 0.29) is 0 Å².